The Morgan fingerprint density at radius 1 is 1.16 bits per heavy atom. The number of amides is 1. The molecule has 1 amide bonds. The third-order valence-corrected chi connectivity index (χ3v) is 7.04. The first-order valence-electron chi connectivity index (χ1n) is 10.4. The molecule has 11 heteroatoms. The minimum Gasteiger partial charge on any atom is -0.495 e. The molecular weight excluding hydrogens is 420 g/mol. The minimum absolute atomic E-state index is 0.105. The van der Waals surface area contributed by atoms with Crippen LogP contribution >= 0.6 is 0 Å². The molecule has 1 aromatic carbocycles. The third kappa shape index (κ3) is 5.40. The van der Waals surface area contributed by atoms with Crippen molar-refractivity contribution in [1.82, 2.24) is 24.5 Å². The molecule has 0 atom stereocenters. The van der Waals surface area contributed by atoms with Crippen molar-refractivity contribution in [3.8, 4) is 5.75 Å². The fourth-order valence-corrected chi connectivity index (χ4v) is 5.09. The van der Waals surface area contributed by atoms with Gasteiger partial charge in [-0.05, 0) is 41.5 Å². The van der Waals surface area contributed by atoms with Crippen LogP contribution in [-0.4, -0.2) is 59.0 Å². The minimum atomic E-state index is -3.66. The number of hydrogen-bond acceptors (Lipinski definition) is 7. The maximum Gasteiger partial charge on any atom is 0.246 e. The number of sulfonamides is 1. The molecule has 0 spiro atoms. The van der Waals surface area contributed by atoms with Crippen LogP contribution in [0, 0.1) is 0 Å². The van der Waals surface area contributed by atoms with Crippen molar-refractivity contribution in [2.45, 2.75) is 63.3 Å². The highest BCUT2D eigenvalue weighted by atomic mass is 32.2. The second-order valence-electron chi connectivity index (χ2n) is 8.64. The molecule has 0 unspecified atom stereocenters. The van der Waals surface area contributed by atoms with Crippen molar-refractivity contribution < 1.29 is 17.9 Å². The van der Waals surface area contributed by atoms with Gasteiger partial charge in [0, 0.05) is 18.5 Å². The first-order valence-corrected chi connectivity index (χ1v) is 11.8. The molecule has 2 heterocycles. The first kappa shape index (κ1) is 23.1. The van der Waals surface area contributed by atoms with E-state index in [0.29, 0.717) is 24.7 Å². The summed E-state index contributed by atoms with van der Waals surface area (Å²) in [5.74, 6) is 0.559. The molecule has 1 aliphatic rings. The normalized spacial score (nSPS) is 16.0. The number of benzene rings is 1. The van der Waals surface area contributed by atoms with Gasteiger partial charge in [-0.15, -0.1) is 5.10 Å². The van der Waals surface area contributed by atoms with Gasteiger partial charge in [-0.25, -0.2) is 13.1 Å². The van der Waals surface area contributed by atoms with Crippen molar-refractivity contribution in [3.05, 3.63) is 24.0 Å². The Kier molecular flexibility index (Phi) is 6.95. The molecule has 2 aromatic rings. The van der Waals surface area contributed by atoms with Crippen LogP contribution < -0.4 is 10.1 Å². The predicted octanol–water partition coefficient (Wildman–Crippen LogP) is 2.18. The zero-order valence-corrected chi connectivity index (χ0v) is 19.3. The molecule has 0 aliphatic carbocycles. The summed E-state index contributed by atoms with van der Waals surface area (Å²) in [5, 5.41) is 14.3. The maximum absolute atomic E-state index is 13.1. The fourth-order valence-electron chi connectivity index (χ4n) is 3.55. The largest absolute Gasteiger partial charge is 0.495 e. The van der Waals surface area contributed by atoms with Crippen LogP contribution in [0.3, 0.4) is 0 Å². The van der Waals surface area contributed by atoms with E-state index >= 15 is 0 Å². The molecule has 31 heavy (non-hydrogen) atoms. The van der Waals surface area contributed by atoms with Crippen LogP contribution in [0.1, 0.15) is 52.3 Å². The summed E-state index contributed by atoms with van der Waals surface area (Å²) in [6.07, 6.45) is 3.76. The van der Waals surface area contributed by atoms with Crippen molar-refractivity contribution in [3.63, 3.8) is 0 Å². The van der Waals surface area contributed by atoms with Gasteiger partial charge in [0.05, 0.1) is 17.7 Å². The quantitative estimate of drug-likeness (QED) is 0.716. The molecule has 10 nitrogen and oxygen atoms in total. The predicted molar refractivity (Wildman–Crippen MR) is 115 cm³/mol. The highest BCUT2D eigenvalue weighted by Gasteiger charge is 2.27. The summed E-state index contributed by atoms with van der Waals surface area (Å²) in [6.45, 7) is 6.76. The van der Waals surface area contributed by atoms with Gasteiger partial charge in [0.2, 0.25) is 15.9 Å². The molecule has 0 bridgehead atoms. The number of nitrogens with one attached hydrogen (secondary N) is 1. The molecule has 1 saturated heterocycles. The first-order chi connectivity index (χ1) is 14.6. The van der Waals surface area contributed by atoms with E-state index in [4.69, 9.17) is 4.74 Å². The number of carbonyl (C=O) groups excluding carboxylic acids is 1. The lowest BCUT2D eigenvalue weighted by atomic mass is 9.96. The smallest absolute Gasteiger partial charge is 0.246 e. The zero-order valence-electron chi connectivity index (χ0n) is 18.5. The van der Waals surface area contributed by atoms with Gasteiger partial charge in [-0.3, -0.25) is 4.79 Å². The Balaban J connectivity index is 1.83. The molecule has 0 saturated carbocycles. The molecule has 1 N–H and O–H groups in total. The summed E-state index contributed by atoms with van der Waals surface area (Å²) in [6, 6.07) is 4.51. The van der Waals surface area contributed by atoms with Crippen molar-refractivity contribution in [2.75, 3.05) is 25.5 Å². The average molecular weight is 451 g/mol. The van der Waals surface area contributed by atoms with Crippen molar-refractivity contribution in [1.29, 1.82) is 0 Å². The molecule has 0 radical (unpaired) electrons. The number of nitrogens with zero attached hydrogens (tertiary/aromatic N) is 5. The number of tetrazole rings is 1. The Morgan fingerprint density at radius 3 is 2.45 bits per heavy atom. The van der Waals surface area contributed by atoms with Gasteiger partial charge < -0.3 is 10.1 Å². The third-order valence-electron chi connectivity index (χ3n) is 5.14. The van der Waals surface area contributed by atoms with Gasteiger partial charge in [-0.2, -0.15) is 4.31 Å². The van der Waals surface area contributed by atoms with E-state index in [0.717, 1.165) is 25.7 Å². The highest BCUT2D eigenvalue weighted by molar-refractivity contribution is 7.89. The zero-order chi connectivity index (χ0) is 22.6. The second-order valence-corrected chi connectivity index (χ2v) is 10.6. The Morgan fingerprint density at radius 2 is 1.84 bits per heavy atom. The van der Waals surface area contributed by atoms with E-state index in [1.807, 2.05) is 20.8 Å². The number of rotatable bonds is 6. The van der Waals surface area contributed by atoms with E-state index in [2.05, 4.69) is 20.8 Å². The molecule has 3 rings (SSSR count). The van der Waals surface area contributed by atoms with Gasteiger partial charge >= 0.3 is 0 Å². The fraction of sp³-hybridized carbons (Fsp3) is 0.600. The Labute approximate surface area is 183 Å². The standard InChI is InChI=1S/C20H30N6O4S/c1-20(2,3)19-22-23-24-26(19)14-18(27)21-16-13-15(9-10-17(16)30-4)31(28,29)25-11-7-5-6-8-12-25/h9-10,13H,5-8,11-12,14H2,1-4H3,(H,21,27). The molecule has 1 fully saturated rings. The maximum atomic E-state index is 13.1. The van der Waals surface area contributed by atoms with E-state index in [-0.39, 0.29) is 28.4 Å². The summed E-state index contributed by atoms with van der Waals surface area (Å²) in [4.78, 5) is 12.8. The van der Waals surface area contributed by atoms with Gasteiger partial charge in [0.25, 0.3) is 0 Å². The Bertz CT molecular complexity index is 1020. The van der Waals surface area contributed by atoms with Crippen LogP contribution in [0.5, 0.6) is 5.75 Å². The highest BCUT2D eigenvalue weighted by Crippen LogP contribution is 2.30. The number of methoxy groups -OCH3 is 1. The van der Waals surface area contributed by atoms with Crippen LogP contribution in [0.15, 0.2) is 23.1 Å². The lowest BCUT2D eigenvalue weighted by molar-refractivity contribution is -0.117. The molecule has 170 valence electrons. The van der Waals surface area contributed by atoms with E-state index in [1.54, 1.807) is 6.07 Å². The van der Waals surface area contributed by atoms with Crippen LogP contribution in [0.4, 0.5) is 5.69 Å². The van der Waals surface area contributed by atoms with Crippen LogP contribution in [0.25, 0.3) is 0 Å². The molecular formula is C20H30N6O4S. The number of anilines is 1. The van der Waals surface area contributed by atoms with Crippen LogP contribution in [0.2, 0.25) is 0 Å². The SMILES string of the molecule is COc1ccc(S(=O)(=O)N2CCCCCC2)cc1NC(=O)Cn1nnnc1C(C)(C)C. The number of aromatic nitrogens is 4. The van der Waals surface area contributed by atoms with Crippen molar-refractivity contribution in [2.24, 2.45) is 0 Å². The van der Waals surface area contributed by atoms with Crippen LogP contribution in [-0.2, 0) is 26.8 Å². The molecule has 1 aliphatic heterocycles. The summed E-state index contributed by atoms with van der Waals surface area (Å²) in [7, 11) is -2.19. The lowest BCUT2D eigenvalue weighted by Gasteiger charge is -2.21. The summed E-state index contributed by atoms with van der Waals surface area (Å²) in [5.41, 5.74) is -0.0448. The number of hydrogen-bond donors (Lipinski definition) is 1. The Hall–Kier alpha value is -2.53. The van der Waals surface area contributed by atoms with Gasteiger partial charge in [0.1, 0.15) is 12.3 Å². The summed E-state index contributed by atoms with van der Waals surface area (Å²) >= 11 is 0. The van der Waals surface area contributed by atoms with E-state index in [1.165, 1.54) is 28.2 Å². The van der Waals surface area contributed by atoms with E-state index < -0.39 is 10.0 Å². The molecule has 1 aromatic heterocycles. The number of carbonyl (C=O) groups is 1. The second kappa shape index (κ2) is 9.31. The summed E-state index contributed by atoms with van der Waals surface area (Å²) < 4.78 is 34.5. The number of ether oxygens (including phenoxy) is 1. The van der Waals surface area contributed by atoms with Gasteiger partial charge in [0.15, 0.2) is 5.82 Å². The van der Waals surface area contributed by atoms with Crippen molar-refractivity contribution >= 4 is 21.6 Å². The monoisotopic (exact) mass is 450 g/mol. The van der Waals surface area contributed by atoms with E-state index in [9.17, 15) is 13.2 Å². The van der Waals surface area contributed by atoms with Gasteiger partial charge in [-0.1, -0.05) is 33.6 Å². The lowest BCUT2D eigenvalue weighted by Crippen LogP contribution is -2.32. The average Bonchev–Trinajstić information content (AvgIpc) is 2.99. The topological polar surface area (TPSA) is 119 Å².